The summed E-state index contributed by atoms with van der Waals surface area (Å²) in [6.45, 7) is 1.93. The lowest BCUT2D eigenvalue weighted by atomic mass is 9.79. The monoisotopic (exact) mass is 316 g/mol. The lowest BCUT2D eigenvalue weighted by molar-refractivity contribution is -0.146. The highest BCUT2D eigenvalue weighted by molar-refractivity contribution is 7.22. The number of thiazole rings is 1. The van der Waals surface area contributed by atoms with Crippen LogP contribution < -0.4 is 5.32 Å². The van der Waals surface area contributed by atoms with Crippen molar-refractivity contribution in [3.8, 4) is 0 Å². The molecule has 1 aromatic heterocycles. The van der Waals surface area contributed by atoms with Gasteiger partial charge in [-0.15, -0.1) is 0 Å². The van der Waals surface area contributed by atoms with Gasteiger partial charge in [-0.25, -0.2) is 4.98 Å². The number of amides is 1. The maximum Gasteiger partial charge on any atom is 0.307 e. The van der Waals surface area contributed by atoms with Gasteiger partial charge in [0.1, 0.15) is 0 Å². The number of nitrogens with zero attached hydrogens (tertiary/aromatic N) is 1. The van der Waals surface area contributed by atoms with Crippen LogP contribution in [0.2, 0.25) is 0 Å². The number of anilines is 1. The van der Waals surface area contributed by atoms with E-state index < -0.39 is 17.8 Å². The minimum Gasteiger partial charge on any atom is -0.481 e. The third-order valence-electron chi connectivity index (χ3n) is 3.93. The summed E-state index contributed by atoms with van der Waals surface area (Å²) in [4.78, 5) is 28.2. The maximum absolute atomic E-state index is 12.5. The van der Waals surface area contributed by atoms with E-state index in [0.717, 1.165) is 15.8 Å². The zero-order valence-corrected chi connectivity index (χ0v) is 12.9. The lowest BCUT2D eigenvalue weighted by Gasteiger charge is -2.26. The number of hydrogen-bond donors (Lipinski definition) is 2. The predicted molar refractivity (Wildman–Crippen MR) is 85.9 cm³/mol. The van der Waals surface area contributed by atoms with Crippen LogP contribution >= 0.6 is 11.3 Å². The summed E-state index contributed by atoms with van der Waals surface area (Å²) < 4.78 is 0.993. The fourth-order valence-corrected chi connectivity index (χ4v) is 3.61. The Kier molecular flexibility index (Phi) is 3.94. The highest BCUT2D eigenvalue weighted by atomic mass is 32.1. The van der Waals surface area contributed by atoms with E-state index >= 15 is 0 Å². The molecule has 6 heteroatoms. The quantitative estimate of drug-likeness (QED) is 0.852. The molecule has 114 valence electrons. The molecule has 5 nitrogen and oxygen atoms in total. The molecule has 1 aliphatic carbocycles. The summed E-state index contributed by atoms with van der Waals surface area (Å²) in [5, 5.41) is 12.6. The first-order valence-corrected chi connectivity index (χ1v) is 7.91. The largest absolute Gasteiger partial charge is 0.481 e. The number of nitrogens with one attached hydrogen (secondary N) is 1. The molecule has 2 aromatic rings. The van der Waals surface area contributed by atoms with E-state index in [2.05, 4.69) is 10.3 Å². The molecule has 0 saturated heterocycles. The molecule has 1 aromatic carbocycles. The molecule has 0 fully saturated rings. The van der Waals surface area contributed by atoms with E-state index in [1.54, 1.807) is 0 Å². The first-order valence-electron chi connectivity index (χ1n) is 7.09. The van der Waals surface area contributed by atoms with Crippen molar-refractivity contribution >= 4 is 38.6 Å². The lowest BCUT2D eigenvalue weighted by Crippen LogP contribution is -2.35. The second-order valence-electron chi connectivity index (χ2n) is 5.52. The molecule has 0 unspecified atom stereocenters. The van der Waals surface area contributed by atoms with Crippen molar-refractivity contribution in [2.45, 2.75) is 19.8 Å². The third kappa shape index (κ3) is 2.87. The Hall–Kier alpha value is -2.21. The number of fused-ring (bicyclic) bond motifs is 1. The molecule has 1 aliphatic rings. The molecule has 0 saturated carbocycles. The summed E-state index contributed by atoms with van der Waals surface area (Å²) >= 11 is 1.39. The minimum absolute atomic E-state index is 0.265. The highest BCUT2D eigenvalue weighted by Gasteiger charge is 2.35. The number of rotatable bonds is 3. The van der Waals surface area contributed by atoms with Gasteiger partial charge in [-0.3, -0.25) is 9.59 Å². The first-order chi connectivity index (χ1) is 10.5. The van der Waals surface area contributed by atoms with Gasteiger partial charge < -0.3 is 10.4 Å². The van der Waals surface area contributed by atoms with E-state index in [0.29, 0.717) is 18.0 Å². The number of carbonyl (C=O) groups excluding carboxylic acids is 1. The molecule has 2 N–H and O–H groups in total. The zero-order valence-electron chi connectivity index (χ0n) is 12.1. The molecule has 0 radical (unpaired) electrons. The molecule has 1 amide bonds. The van der Waals surface area contributed by atoms with Crippen molar-refractivity contribution in [1.82, 2.24) is 4.98 Å². The number of hydrogen-bond acceptors (Lipinski definition) is 4. The Morgan fingerprint density at radius 3 is 2.82 bits per heavy atom. The SMILES string of the molecule is CC1=CC[C@@H](C(=O)O)[C@@H](C(=O)Nc2nc3ccccc3s2)C1. The summed E-state index contributed by atoms with van der Waals surface area (Å²) in [5.74, 6) is -2.40. The average Bonchev–Trinajstić information content (AvgIpc) is 2.88. The molecule has 1 heterocycles. The zero-order chi connectivity index (χ0) is 15.7. The Balaban J connectivity index is 1.80. The average molecular weight is 316 g/mol. The van der Waals surface area contributed by atoms with Crippen LogP contribution in [0.25, 0.3) is 10.2 Å². The van der Waals surface area contributed by atoms with Gasteiger partial charge in [-0.2, -0.15) is 0 Å². The number of carbonyl (C=O) groups is 2. The number of carboxylic acid groups (broad SMARTS) is 1. The van der Waals surface area contributed by atoms with Crippen LogP contribution in [0, 0.1) is 11.8 Å². The van der Waals surface area contributed by atoms with Gasteiger partial charge >= 0.3 is 5.97 Å². The minimum atomic E-state index is -0.923. The van der Waals surface area contributed by atoms with Gasteiger partial charge in [0.05, 0.1) is 22.1 Å². The number of para-hydroxylation sites is 1. The Morgan fingerprint density at radius 2 is 2.09 bits per heavy atom. The molecule has 2 atom stereocenters. The molecule has 0 aliphatic heterocycles. The Morgan fingerprint density at radius 1 is 1.32 bits per heavy atom. The van der Waals surface area contributed by atoms with Crippen LogP contribution in [0.3, 0.4) is 0 Å². The second kappa shape index (κ2) is 5.88. The second-order valence-corrected chi connectivity index (χ2v) is 6.55. The summed E-state index contributed by atoms with van der Waals surface area (Å²) in [6, 6.07) is 7.64. The first kappa shape index (κ1) is 14.7. The topological polar surface area (TPSA) is 79.3 Å². The van der Waals surface area contributed by atoms with E-state index in [9.17, 15) is 14.7 Å². The summed E-state index contributed by atoms with van der Waals surface area (Å²) in [6.07, 6.45) is 2.78. The van der Waals surface area contributed by atoms with Crippen LogP contribution in [0.15, 0.2) is 35.9 Å². The van der Waals surface area contributed by atoms with Crippen LogP contribution in [0.5, 0.6) is 0 Å². The van der Waals surface area contributed by atoms with Crippen LogP contribution in [-0.2, 0) is 9.59 Å². The molecule has 3 rings (SSSR count). The van der Waals surface area contributed by atoms with Crippen molar-refractivity contribution in [1.29, 1.82) is 0 Å². The van der Waals surface area contributed by atoms with Gasteiger partial charge in [0.25, 0.3) is 0 Å². The number of allylic oxidation sites excluding steroid dienone is 2. The standard InChI is InChI=1S/C16H16N2O3S/c1-9-6-7-10(15(20)21)11(8-9)14(19)18-16-17-12-4-2-3-5-13(12)22-16/h2-6,10-11H,7-8H2,1H3,(H,20,21)(H,17,18,19)/t10-,11+/m1/s1. The van der Waals surface area contributed by atoms with Gasteiger partial charge in [-0.1, -0.05) is 35.1 Å². The van der Waals surface area contributed by atoms with Crippen molar-refractivity contribution in [3.63, 3.8) is 0 Å². The van der Waals surface area contributed by atoms with Crippen molar-refractivity contribution in [2.24, 2.45) is 11.8 Å². The normalized spacial score (nSPS) is 21.4. The predicted octanol–water partition coefficient (Wildman–Crippen LogP) is 3.29. The fourth-order valence-electron chi connectivity index (χ4n) is 2.74. The molecular weight excluding hydrogens is 300 g/mol. The van der Waals surface area contributed by atoms with E-state index in [1.807, 2.05) is 37.3 Å². The highest BCUT2D eigenvalue weighted by Crippen LogP contribution is 2.32. The van der Waals surface area contributed by atoms with Gasteiger partial charge in [0.2, 0.25) is 5.91 Å². The van der Waals surface area contributed by atoms with Gasteiger partial charge in [0.15, 0.2) is 5.13 Å². The molecule has 22 heavy (non-hydrogen) atoms. The molecule has 0 bridgehead atoms. The van der Waals surface area contributed by atoms with Crippen LogP contribution in [0.1, 0.15) is 19.8 Å². The number of aromatic nitrogens is 1. The molecular formula is C16H16N2O3S. The number of aliphatic carboxylic acids is 1. The van der Waals surface area contributed by atoms with Crippen molar-refractivity contribution in [3.05, 3.63) is 35.9 Å². The molecule has 0 spiro atoms. The number of benzene rings is 1. The van der Waals surface area contributed by atoms with Gasteiger partial charge in [-0.05, 0) is 31.9 Å². The van der Waals surface area contributed by atoms with E-state index in [1.165, 1.54) is 11.3 Å². The van der Waals surface area contributed by atoms with Gasteiger partial charge in [0, 0.05) is 0 Å². The van der Waals surface area contributed by atoms with E-state index in [4.69, 9.17) is 0 Å². The van der Waals surface area contributed by atoms with E-state index in [-0.39, 0.29) is 5.91 Å². The fraction of sp³-hybridized carbons (Fsp3) is 0.312. The summed E-state index contributed by atoms with van der Waals surface area (Å²) in [7, 11) is 0. The Labute approximate surface area is 131 Å². The third-order valence-corrected chi connectivity index (χ3v) is 4.88. The summed E-state index contributed by atoms with van der Waals surface area (Å²) in [5.41, 5.74) is 1.89. The Bertz CT molecular complexity index is 733. The van der Waals surface area contributed by atoms with Crippen LogP contribution in [0.4, 0.5) is 5.13 Å². The maximum atomic E-state index is 12.5. The smallest absolute Gasteiger partial charge is 0.307 e. The van der Waals surface area contributed by atoms with Crippen LogP contribution in [-0.4, -0.2) is 22.0 Å². The van der Waals surface area contributed by atoms with Crippen molar-refractivity contribution in [2.75, 3.05) is 5.32 Å². The number of carboxylic acids is 1. The van der Waals surface area contributed by atoms with Crippen molar-refractivity contribution < 1.29 is 14.7 Å².